The highest BCUT2D eigenvalue weighted by Crippen LogP contribution is 2.21. The molecule has 0 aliphatic carbocycles. The lowest BCUT2D eigenvalue weighted by atomic mass is 10.1. The van der Waals surface area contributed by atoms with E-state index in [4.69, 9.17) is 22.2 Å². The monoisotopic (exact) mass is 197 g/mol. The van der Waals surface area contributed by atoms with Gasteiger partial charge in [0, 0.05) is 16.5 Å². The van der Waals surface area contributed by atoms with Crippen LogP contribution in [0, 0.1) is 0 Å². The van der Waals surface area contributed by atoms with E-state index in [1.807, 2.05) is 0 Å². The van der Waals surface area contributed by atoms with Gasteiger partial charge in [0.25, 0.3) is 0 Å². The molecule has 0 atom stereocenters. The average Bonchev–Trinajstić information content (AvgIpc) is 2.09. The highest BCUT2D eigenvalue weighted by molar-refractivity contribution is 6.31. The van der Waals surface area contributed by atoms with Gasteiger partial charge in [-0.1, -0.05) is 22.8 Å². The van der Waals surface area contributed by atoms with E-state index >= 15 is 0 Å². The van der Waals surface area contributed by atoms with Gasteiger partial charge in [0.1, 0.15) is 5.75 Å². The molecule has 0 aliphatic rings. The van der Waals surface area contributed by atoms with Crippen LogP contribution < -0.4 is 0 Å². The number of hydrogen-bond acceptors (Lipinski definition) is 2. The maximum atomic E-state index is 9.04. The van der Waals surface area contributed by atoms with Crippen LogP contribution in [0.2, 0.25) is 5.02 Å². The predicted molar refractivity (Wildman–Crippen MR) is 50.8 cm³/mol. The van der Waals surface area contributed by atoms with E-state index in [1.54, 1.807) is 12.1 Å². The minimum atomic E-state index is 0.137. The first-order chi connectivity index (χ1) is 6.24. The van der Waals surface area contributed by atoms with E-state index < -0.39 is 0 Å². The summed E-state index contributed by atoms with van der Waals surface area (Å²) in [5.41, 5.74) is 8.91. The van der Waals surface area contributed by atoms with Crippen molar-refractivity contribution in [1.82, 2.24) is 0 Å². The Bertz CT molecular complexity index is 347. The van der Waals surface area contributed by atoms with Gasteiger partial charge in [-0.25, -0.2) is 0 Å². The number of phenols is 1. The molecule has 0 fully saturated rings. The van der Waals surface area contributed by atoms with Crippen LogP contribution >= 0.6 is 11.6 Å². The lowest BCUT2D eigenvalue weighted by Gasteiger charge is -2.01. The Morgan fingerprint density at radius 3 is 2.92 bits per heavy atom. The van der Waals surface area contributed by atoms with Crippen molar-refractivity contribution in [3.05, 3.63) is 39.2 Å². The Morgan fingerprint density at radius 2 is 2.31 bits per heavy atom. The van der Waals surface area contributed by atoms with Crippen LogP contribution in [0.5, 0.6) is 5.75 Å². The number of aromatic hydroxyl groups is 1. The Morgan fingerprint density at radius 1 is 1.54 bits per heavy atom. The largest absolute Gasteiger partial charge is 0.508 e. The quantitative estimate of drug-likeness (QED) is 0.452. The number of halogens is 1. The summed E-state index contributed by atoms with van der Waals surface area (Å²) in [6.07, 6.45) is 0.586. The smallest absolute Gasteiger partial charge is 0.117 e. The van der Waals surface area contributed by atoms with Gasteiger partial charge in [-0.05, 0) is 29.6 Å². The Balaban J connectivity index is 2.71. The lowest BCUT2D eigenvalue weighted by molar-refractivity contribution is 0.475. The summed E-state index contributed by atoms with van der Waals surface area (Å²) in [5, 5.41) is 12.9. The van der Waals surface area contributed by atoms with Gasteiger partial charge >= 0.3 is 0 Å². The molecule has 0 spiro atoms. The molecule has 0 saturated heterocycles. The molecule has 13 heavy (non-hydrogen) atoms. The SMILES string of the molecule is [N-]=[N+]=NCCc1ccc(O)cc1Cl. The van der Waals surface area contributed by atoms with E-state index in [-0.39, 0.29) is 5.75 Å². The summed E-state index contributed by atoms with van der Waals surface area (Å²) in [6.45, 7) is 0.376. The fourth-order valence-corrected chi connectivity index (χ4v) is 1.22. The van der Waals surface area contributed by atoms with Crippen molar-refractivity contribution in [2.24, 2.45) is 5.11 Å². The van der Waals surface area contributed by atoms with Crippen molar-refractivity contribution in [3.8, 4) is 5.75 Å². The zero-order chi connectivity index (χ0) is 9.68. The molecular formula is C8H8ClN3O. The molecule has 0 bridgehead atoms. The van der Waals surface area contributed by atoms with E-state index in [2.05, 4.69) is 10.0 Å². The van der Waals surface area contributed by atoms with Crippen molar-refractivity contribution in [1.29, 1.82) is 0 Å². The van der Waals surface area contributed by atoms with Crippen LogP contribution in [0.25, 0.3) is 10.4 Å². The second-order valence-electron chi connectivity index (χ2n) is 2.48. The first-order valence-corrected chi connectivity index (χ1v) is 4.10. The van der Waals surface area contributed by atoms with Gasteiger partial charge < -0.3 is 5.11 Å². The van der Waals surface area contributed by atoms with Crippen molar-refractivity contribution in [2.45, 2.75) is 6.42 Å². The number of phenolic OH excluding ortho intramolecular Hbond substituents is 1. The maximum absolute atomic E-state index is 9.04. The highest BCUT2D eigenvalue weighted by atomic mass is 35.5. The van der Waals surface area contributed by atoms with E-state index in [9.17, 15) is 0 Å². The maximum Gasteiger partial charge on any atom is 0.117 e. The van der Waals surface area contributed by atoms with E-state index in [0.717, 1.165) is 5.56 Å². The van der Waals surface area contributed by atoms with Crippen LogP contribution in [0.4, 0.5) is 0 Å². The van der Waals surface area contributed by atoms with Crippen molar-refractivity contribution < 1.29 is 5.11 Å². The minimum Gasteiger partial charge on any atom is -0.508 e. The molecule has 0 radical (unpaired) electrons. The molecular weight excluding hydrogens is 190 g/mol. The highest BCUT2D eigenvalue weighted by Gasteiger charge is 1.99. The first kappa shape index (κ1) is 9.71. The van der Waals surface area contributed by atoms with Gasteiger partial charge in [-0.3, -0.25) is 0 Å². The van der Waals surface area contributed by atoms with Gasteiger partial charge in [-0.2, -0.15) is 0 Å². The molecule has 1 aromatic rings. The standard InChI is InChI=1S/C8H8ClN3O/c9-8-5-7(13)2-1-6(8)3-4-11-12-10/h1-2,5,13H,3-4H2. The topological polar surface area (TPSA) is 69.0 Å². The van der Waals surface area contributed by atoms with Crippen LogP contribution in [-0.2, 0) is 6.42 Å². The molecule has 5 heteroatoms. The normalized spacial score (nSPS) is 9.31. The number of rotatable bonds is 3. The molecule has 0 heterocycles. The lowest BCUT2D eigenvalue weighted by Crippen LogP contribution is -1.89. The molecule has 1 rings (SSSR count). The third-order valence-corrected chi connectivity index (χ3v) is 1.93. The van der Waals surface area contributed by atoms with Gasteiger partial charge in [0.05, 0.1) is 0 Å². The van der Waals surface area contributed by atoms with E-state index in [0.29, 0.717) is 18.0 Å². The van der Waals surface area contributed by atoms with Gasteiger partial charge in [0.2, 0.25) is 0 Å². The molecule has 0 aromatic heterocycles. The van der Waals surface area contributed by atoms with Crippen LogP contribution in [0.3, 0.4) is 0 Å². The first-order valence-electron chi connectivity index (χ1n) is 3.72. The van der Waals surface area contributed by atoms with Gasteiger partial charge in [0.15, 0.2) is 0 Å². The van der Waals surface area contributed by atoms with Crippen molar-refractivity contribution >= 4 is 11.6 Å². The summed E-state index contributed by atoms with van der Waals surface area (Å²) in [5.74, 6) is 0.137. The summed E-state index contributed by atoms with van der Waals surface area (Å²) in [6, 6.07) is 4.73. The number of azide groups is 1. The Hall–Kier alpha value is -1.38. The Kier molecular flexibility index (Phi) is 3.43. The summed E-state index contributed by atoms with van der Waals surface area (Å²) in [4.78, 5) is 2.63. The fourth-order valence-electron chi connectivity index (χ4n) is 0.954. The average molecular weight is 198 g/mol. The summed E-state index contributed by atoms with van der Waals surface area (Å²) < 4.78 is 0. The third kappa shape index (κ3) is 2.86. The minimum absolute atomic E-state index is 0.137. The molecule has 0 unspecified atom stereocenters. The number of nitrogens with zero attached hydrogens (tertiary/aromatic N) is 3. The molecule has 0 aliphatic heterocycles. The molecule has 68 valence electrons. The number of benzene rings is 1. The van der Waals surface area contributed by atoms with Crippen molar-refractivity contribution in [2.75, 3.05) is 6.54 Å². The number of hydrogen-bond donors (Lipinski definition) is 1. The zero-order valence-electron chi connectivity index (χ0n) is 6.81. The molecule has 0 saturated carbocycles. The second-order valence-corrected chi connectivity index (χ2v) is 2.89. The fraction of sp³-hybridized carbons (Fsp3) is 0.250. The van der Waals surface area contributed by atoms with Crippen LogP contribution in [0.1, 0.15) is 5.56 Å². The van der Waals surface area contributed by atoms with Crippen LogP contribution in [0.15, 0.2) is 23.3 Å². The Labute approximate surface area is 80.4 Å². The van der Waals surface area contributed by atoms with E-state index in [1.165, 1.54) is 6.07 Å². The molecule has 1 N–H and O–H groups in total. The predicted octanol–water partition coefficient (Wildman–Crippen LogP) is 2.90. The van der Waals surface area contributed by atoms with Gasteiger partial charge in [-0.15, -0.1) is 0 Å². The molecule has 4 nitrogen and oxygen atoms in total. The summed E-state index contributed by atoms with van der Waals surface area (Å²) >= 11 is 5.81. The van der Waals surface area contributed by atoms with Crippen LogP contribution in [-0.4, -0.2) is 11.7 Å². The van der Waals surface area contributed by atoms with Crippen molar-refractivity contribution in [3.63, 3.8) is 0 Å². The summed E-state index contributed by atoms with van der Waals surface area (Å²) in [7, 11) is 0. The second kappa shape index (κ2) is 4.60. The molecule has 0 amide bonds. The third-order valence-electron chi connectivity index (χ3n) is 1.58. The molecule has 1 aromatic carbocycles. The zero-order valence-corrected chi connectivity index (χ0v) is 7.57.